The van der Waals surface area contributed by atoms with Gasteiger partial charge in [0.1, 0.15) is 12.4 Å². The van der Waals surface area contributed by atoms with Crippen LogP contribution in [0.2, 0.25) is 0 Å². The van der Waals surface area contributed by atoms with Gasteiger partial charge in [0, 0.05) is 19.6 Å². The molecule has 1 aliphatic rings. The van der Waals surface area contributed by atoms with Crippen LogP contribution in [-0.2, 0) is 20.2 Å². The Morgan fingerprint density at radius 3 is 2.81 bits per heavy atom. The number of rotatable bonds is 6. The highest BCUT2D eigenvalue weighted by Crippen LogP contribution is 2.22. The van der Waals surface area contributed by atoms with Gasteiger partial charge < -0.3 is 14.6 Å². The lowest BCUT2D eigenvalue weighted by Crippen LogP contribution is -2.15. The molecule has 1 heterocycles. The van der Waals surface area contributed by atoms with Gasteiger partial charge in [-0.3, -0.25) is 0 Å². The predicted octanol–water partition coefficient (Wildman–Crippen LogP) is 2.09. The van der Waals surface area contributed by atoms with Crippen molar-refractivity contribution < 1.29 is 9.13 Å². The Hall–Kier alpha value is -1.95. The second-order valence-corrected chi connectivity index (χ2v) is 5.43. The van der Waals surface area contributed by atoms with E-state index >= 15 is 0 Å². The van der Waals surface area contributed by atoms with Gasteiger partial charge in [-0.15, -0.1) is 10.2 Å². The first kappa shape index (κ1) is 14.0. The van der Waals surface area contributed by atoms with Crippen LogP contribution in [0.15, 0.2) is 18.2 Å². The summed E-state index contributed by atoms with van der Waals surface area (Å²) in [5.41, 5.74) is 0.932. The molecule has 2 aromatic rings. The third-order valence-electron chi connectivity index (χ3n) is 3.71. The third kappa shape index (κ3) is 3.39. The van der Waals surface area contributed by atoms with E-state index in [0.717, 1.165) is 11.4 Å². The normalized spacial score (nSPS) is 14.4. The van der Waals surface area contributed by atoms with Crippen LogP contribution in [0.4, 0.5) is 4.39 Å². The molecule has 0 spiro atoms. The van der Waals surface area contributed by atoms with E-state index in [1.54, 1.807) is 6.07 Å². The summed E-state index contributed by atoms with van der Waals surface area (Å²) in [7, 11) is 1.86. The number of aromatic nitrogens is 3. The average molecular weight is 290 g/mol. The maximum atomic E-state index is 14.0. The number of hydrogen-bond acceptors (Lipinski definition) is 4. The number of ether oxygens (including phenoxy) is 1. The number of halogens is 1. The van der Waals surface area contributed by atoms with Crippen molar-refractivity contribution in [2.75, 3.05) is 0 Å². The van der Waals surface area contributed by atoms with E-state index in [9.17, 15) is 4.39 Å². The summed E-state index contributed by atoms with van der Waals surface area (Å²) < 4.78 is 21.3. The van der Waals surface area contributed by atoms with Crippen LogP contribution < -0.4 is 10.1 Å². The van der Waals surface area contributed by atoms with Crippen molar-refractivity contribution in [2.24, 2.45) is 7.05 Å². The summed E-state index contributed by atoms with van der Waals surface area (Å²) in [4.78, 5) is 0. The molecule has 0 bridgehead atoms. The number of aryl methyl sites for hydroxylation is 1. The molecule has 1 N–H and O–H groups in total. The van der Waals surface area contributed by atoms with Gasteiger partial charge in [0.15, 0.2) is 17.4 Å². The fourth-order valence-corrected chi connectivity index (χ4v) is 2.04. The zero-order valence-corrected chi connectivity index (χ0v) is 12.3. The van der Waals surface area contributed by atoms with Gasteiger partial charge >= 0.3 is 0 Å². The van der Waals surface area contributed by atoms with Crippen molar-refractivity contribution in [3.63, 3.8) is 0 Å². The zero-order valence-electron chi connectivity index (χ0n) is 12.3. The Bertz CT molecular complexity index is 637. The third-order valence-corrected chi connectivity index (χ3v) is 3.71. The molecule has 6 heteroatoms. The van der Waals surface area contributed by atoms with Crippen LogP contribution in [-0.4, -0.2) is 20.8 Å². The summed E-state index contributed by atoms with van der Waals surface area (Å²) in [6.45, 7) is 2.76. The van der Waals surface area contributed by atoms with Crippen molar-refractivity contribution in [3.05, 3.63) is 41.2 Å². The fourth-order valence-electron chi connectivity index (χ4n) is 2.04. The summed E-state index contributed by atoms with van der Waals surface area (Å²) in [6.07, 6.45) is 2.45. The van der Waals surface area contributed by atoms with Gasteiger partial charge in [-0.2, -0.15) is 0 Å². The maximum absolute atomic E-state index is 14.0. The highest BCUT2D eigenvalue weighted by Gasteiger charge is 2.20. The minimum Gasteiger partial charge on any atom is -0.483 e. The number of benzene rings is 1. The molecule has 1 fully saturated rings. The van der Waals surface area contributed by atoms with Gasteiger partial charge in [0.2, 0.25) is 0 Å². The Morgan fingerprint density at radius 2 is 2.19 bits per heavy atom. The standard InChI is InChI=1S/C15H19FN4O/c1-10-18-19-15(20(10)2)9-21-14-6-3-11(7-13(14)16)8-17-12-4-5-12/h3,6-7,12,17H,4-5,8-9H2,1-2H3. The second-order valence-electron chi connectivity index (χ2n) is 5.43. The van der Waals surface area contributed by atoms with Crippen LogP contribution >= 0.6 is 0 Å². The number of nitrogens with zero attached hydrogens (tertiary/aromatic N) is 3. The molecule has 0 unspecified atom stereocenters. The molecule has 0 amide bonds. The van der Waals surface area contributed by atoms with E-state index in [4.69, 9.17) is 4.74 Å². The maximum Gasteiger partial charge on any atom is 0.170 e. The van der Waals surface area contributed by atoms with Crippen molar-refractivity contribution in [3.8, 4) is 5.75 Å². The molecule has 21 heavy (non-hydrogen) atoms. The Labute approximate surface area is 123 Å². The molecule has 1 aromatic carbocycles. The molecule has 0 atom stereocenters. The van der Waals surface area contributed by atoms with Crippen LogP contribution in [0.1, 0.15) is 30.1 Å². The lowest BCUT2D eigenvalue weighted by molar-refractivity contribution is 0.276. The van der Waals surface area contributed by atoms with E-state index in [0.29, 0.717) is 18.4 Å². The van der Waals surface area contributed by atoms with Crippen LogP contribution in [0.25, 0.3) is 0 Å². The topological polar surface area (TPSA) is 52.0 Å². The second kappa shape index (κ2) is 5.81. The first-order valence-corrected chi connectivity index (χ1v) is 7.13. The lowest BCUT2D eigenvalue weighted by Gasteiger charge is -2.09. The summed E-state index contributed by atoms with van der Waals surface area (Å²) in [5.74, 6) is 1.37. The minimum atomic E-state index is -0.344. The van der Waals surface area contributed by atoms with Crippen LogP contribution in [0.3, 0.4) is 0 Å². The Kier molecular flexibility index (Phi) is 3.88. The predicted molar refractivity (Wildman–Crippen MR) is 76.3 cm³/mol. The van der Waals surface area contributed by atoms with Gasteiger partial charge in [0.25, 0.3) is 0 Å². The van der Waals surface area contributed by atoms with Gasteiger partial charge in [-0.05, 0) is 37.5 Å². The van der Waals surface area contributed by atoms with Gasteiger partial charge in [-0.1, -0.05) is 6.07 Å². The van der Waals surface area contributed by atoms with Crippen molar-refractivity contribution in [1.82, 2.24) is 20.1 Å². The molecule has 5 nitrogen and oxygen atoms in total. The van der Waals surface area contributed by atoms with E-state index in [1.165, 1.54) is 18.9 Å². The zero-order chi connectivity index (χ0) is 14.8. The SMILES string of the molecule is Cc1nnc(COc2ccc(CNC3CC3)cc2F)n1C. The van der Waals surface area contributed by atoms with Gasteiger partial charge in [-0.25, -0.2) is 4.39 Å². The smallest absolute Gasteiger partial charge is 0.170 e. The summed E-state index contributed by atoms with van der Waals surface area (Å²) in [6, 6.07) is 5.69. The quantitative estimate of drug-likeness (QED) is 0.885. The molecular weight excluding hydrogens is 271 g/mol. The van der Waals surface area contributed by atoms with E-state index in [2.05, 4.69) is 15.5 Å². The summed E-state index contributed by atoms with van der Waals surface area (Å²) in [5, 5.41) is 11.3. The Balaban J connectivity index is 1.61. The average Bonchev–Trinajstić information content (AvgIpc) is 3.25. The molecule has 112 valence electrons. The lowest BCUT2D eigenvalue weighted by atomic mass is 10.2. The van der Waals surface area contributed by atoms with E-state index in [-0.39, 0.29) is 18.2 Å². The molecule has 0 saturated heterocycles. The van der Waals surface area contributed by atoms with Crippen molar-refractivity contribution >= 4 is 0 Å². The monoisotopic (exact) mass is 290 g/mol. The fraction of sp³-hybridized carbons (Fsp3) is 0.467. The number of nitrogens with one attached hydrogen (secondary N) is 1. The molecule has 1 aromatic heterocycles. The molecule has 1 aliphatic carbocycles. The van der Waals surface area contributed by atoms with E-state index < -0.39 is 0 Å². The van der Waals surface area contributed by atoms with Gasteiger partial charge in [0.05, 0.1) is 0 Å². The van der Waals surface area contributed by atoms with Crippen molar-refractivity contribution in [2.45, 2.75) is 39.0 Å². The highest BCUT2D eigenvalue weighted by atomic mass is 19.1. The highest BCUT2D eigenvalue weighted by molar-refractivity contribution is 5.29. The largest absolute Gasteiger partial charge is 0.483 e. The molecule has 0 radical (unpaired) electrons. The molecular formula is C15H19FN4O. The first-order valence-electron chi connectivity index (χ1n) is 7.13. The van der Waals surface area contributed by atoms with Crippen LogP contribution in [0.5, 0.6) is 5.75 Å². The Morgan fingerprint density at radius 1 is 1.38 bits per heavy atom. The molecule has 1 saturated carbocycles. The van der Waals surface area contributed by atoms with Crippen molar-refractivity contribution in [1.29, 1.82) is 0 Å². The van der Waals surface area contributed by atoms with Crippen LogP contribution in [0, 0.1) is 12.7 Å². The van der Waals surface area contributed by atoms with E-state index in [1.807, 2.05) is 24.6 Å². The molecule has 0 aliphatic heterocycles. The first-order chi connectivity index (χ1) is 10.1. The molecule has 3 rings (SSSR count). The number of hydrogen-bond donors (Lipinski definition) is 1. The minimum absolute atomic E-state index is 0.202. The summed E-state index contributed by atoms with van der Waals surface area (Å²) >= 11 is 0.